The summed E-state index contributed by atoms with van der Waals surface area (Å²) in [4.78, 5) is 24.1. The van der Waals surface area contributed by atoms with Gasteiger partial charge >= 0.3 is 12.6 Å². The summed E-state index contributed by atoms with van der Waals surface area (Å²) in [6.07, 6.45) is 0. The van der Waals surface area contributed by atoms with Crippen LogP contribution < -0.4 is 14.8 Å². The van der Waals surface area contributed by atoms with Crippen LogP contribution in [0.1, 0.15) is 15.9 Å². The molecule has 0 unspecified atom stereocenters. The van der Waals surface area contributed by atoms with Gasteiger partial charge in [0, 0.05) is 11.1 Å². The molecule has 0 saturated carbocycles. The number of halogens is 3. The average Bonchev–Trinajstić information content (AvgIpc) is 2.62. The zero-order chi connectivity index (χ0) is 20.0. The number of ether oxygens (including phenoxy) is 3. The van der Waals surface area contributed by atoms with Crippen molar-refractivity contribution < 1.29 is 32.6 Å². The molecule has 0 aromatic heterocycles. The number of hydrogen-bond acceptors (Lipinski definition) is 5. The van der Waals surface area contributed by atoms with Crippen molar-refractivity contribution in [1.29, 1.82) is 0 Å². The first-order chi connectivity index (χ1) is 12.8. The van der Waals surface area contributed by atoms with E-state index in [1.165, 1.54) is 37.4 Å². The molecule has 0 heterocycles. The van der Waals surface area contributed by atoms with E-state index in [4.69, 9.17) is 21.1 Å². The lowest BCUT2D eigenvalue weighted by Gasteiger charge is -2.13. The fourth-order valence-corrected chi connectivity index (χ4v) is 2.31. The third-order valence-corrected chi connectivity index (χ3v) is 3.82. The summed E-state index contributed by atoms with van der Waals surface area (Å²) in [5, 5.41) is 3.00. The molecule has 0 atom stereocenters. The second-order valence-corrected chi connectivity index (χ2v) is 5.71. The van der Waals surface area contributed by atoms with Crippen LogP contribution in [-0.4, -0.2) is 32.2 Å². The maximum Gasteiger partial charge on any atom is 0.387 e. The number of alkyl halides is 2. The number of para-hydroxylation sites is 1. The van der Waals surface area contributed by atoms with Gasteiger partial charge in [-0.05, 0) is 30.7 Å². The Kier molecular flexibility index (Phi) is 6.95. The number of esters is 1. The van der Waals surface area contributed by atoms with E-state index in [1.54, 1.807) is 13.0 Å². The highest BCUT2D eigenvalue weighted by atomic mass is 35.5. The predicted octanol–water partition coefficient (Wildman–Crippen LogP) is 4.05. The zero-order valence-electron chi connectivity index (χ0n) is 14.4. The molecule has 0 aliphatic heterocycles. The summed E-state index contributed by atoms with van der Waals surface area (Å²) in [5.74, 6) is -1.62. The molecule has 0 fully saturated rings. The number of benzene rings is 2. The Morgan fingerprint density at radius 1 is 1.19 bits per heavy atom. The van der Waals surface area contributed by atoms with Gasteiger partial charge in [-0.3, -0.25) is 4.79 Å². The third-order valence-electron chi connectivity index (χ3n) is 3.41. The highest BCUT2D eigenvalue weighted by Crippen LogP contribution is 2.31. The minimum Gasteiger partial charge on any atom is -0.495 e. The maximum atomic E-state index is 12.4. The lowest BCUT2D eigenvalue weighted by molar-refractivity contribution is -0.119. The van der Waals surface area contributed by atoms with Gasteiger partial charge in [-0.2, -0.15) is 8.78 Å². The summed E-state index contributed by atoms with van der Waals surface area (Å²) in [5.41, 5.74) is 0.843. The quantitative estimate of drug-likeness (QED) is 0.711. The van der Waals surface area contributed by atoms with E-state index >= 15 is 0 Å². The van der Waals surface area contributed by atoms with Gasteiger partial charge in [-0.1, -0.05) is 23.7 Å². The van der Waals surface area contributed by atoms with E-state index in [2.05, 4.69) is 10.1 Å². The Morgan fingerprint density at radius 3 is 2.56 bits per heavy atom. The van der Waals surface area contributed by atoms with Gasteiger partial charge in [0.2, 0.25) is 0 Å². The predicted molar refractivity (Wildman–Crippen MR) is 94.7 cm³/mol. The Hall–Kier alpha value is -2.87. The zero-order valence-corrected chi connectivity index (χ0v) is 15.2. The number of aryl methyl sites for hydroxylation is 1. The molecule has 27 heavy (non-hydrogen) atoms. The van der Waals surface area contributed by atoms with Crippen LogP contribution in [-0.2, 0) is 9.53 Å². The first kappa shape index (κ1) is 20.4. The molecule has 2 aromatic carbocycles. The van der Waals surface area contributed by atoms with Crippen molar-refractivity contribution >= 4 is 29.2 Å². The molecule has 2 aromatic rings. The molecular formula is C18H16ClF2NO5. The van der Waals surface area contributed by atoms with Gasteiger partial charge in [0.25, 0.3) is 5.91 Å². The van der Waals surface area contributed by atoms with Crippen LogP contribution in [0.4, 0.5) is 14.5 Å². The van der Waals surface area contributed by atoms with Gasteiger partial charge < -0.3 is 19.5 Å². The van der Waals surface area contributed by atoms with Gasteiger partial charge in [-0.25, -0.2) is 4.79 Å². The molecule has 0 aliphatic carbocycles. The Balaban J connectivity index is 2.02. The molecule has 2 rings (SSSR count). The van der Waals surface area contributed by atoms with Crippen molar-refractivity contribution in [1.82, 2.24) is 0 Å². The lowest BCUT2D eigenvalue weighted by Crippen LogP contribution is -2.21. The first-order valence-corrected chi connectivity index (χ1v) is 8.04. The Morgan fingerprint density at radius 2 is 1.89 bits per heavy atom. The largest absolute Gasteiger partial charge is 0.495 e. The molecule has 0 bridgehead atoms. The normalized spacial score (nSPS) is 10.4. The number of rotatable bonds is 7. The van der Waals surface area contributed by atoms with Gasteiger partial charge in [0.15, 0.2) is 6.61 Å². The van der Waals surface area contributed by atoms with Crippen LogP contribution in [0.2, 0.25) is 5.02 Å². The number of hydrogen-bond donors (Lipinski definition) is 1. The van der Waals surface area contributed by atoms with E-state index in [0.717, 1.165) is 0 Å². The van der Waals surface area contributed by atoms with Crippen molar-refractivity contribution in [3.8, 4) is 11.5 Å². The second-order valence-electron chi connectivity index (χ2n) is 5.30. The van der Waals surface area contributed by atoms with Crippen molar-refractivity contribution in [2.24, 2.45) is 0 Å². The first-order valence-electron chi connectivity index (χ1n) is 7.66. The van der Waals surface area contributed by atoms with Crippen LogP contribution in [0.5, 0.6) is 11.5 Å². The highest BCUT2D eigenvalue weighted by Gasteiger charge is 2.18. The summed E-state index contributed by atoms with van der Waals surface area (Å²) in [6, 6.07) is 8.48. The smallest absolute Gasteiger partial charge is 0.387 e. The molecule has 144 valence electrons. The van der Waals surface area contributed by atoms with Crippen LogP contribution in [0.3, 0.4) is 0 Å². The number of carbonyl (C=O) groups excluding carboxylic acids is 2. The fraction of sp³-hybridized carbons (Fsp3) is 0.222. The van der Waals surface area contributed by atoms with Crippen molar-refractivity contribution in [3.63, 3.8) is 0 Å². The SMILES string of the molecule is COc1cc(Cl)c(C)cc1NC(=O)COC(=O)c1ccccc1OC(F)F. The van der Waals surface area contributed by atoms with E-state index < -0.39 is 25.1 Å². The summed E-state index contributed by atoms with van der Waals surface area (Å²) in [7, 11) is 1.41. The molecular weight excluding hydrogens is 384 g/mol. The molecule has 9 heteroatoms. The fourth-order valence-electron chi connectivity index (χ4n) is 2.16. The summed E-state index contributed by atoms with van der Waals surface area (Å²) >= 11 is 6.00. The van der Waals surface area contributed by atoms with Gasteiger partial charge in [-0.15, -0.1) is 0 Å². The standard InChI is InChI=1S/C18H16ClF2NO5/c1-10-7-13(15(25-2)8-12(10)19)22-16(23)9-26-17(24)11-5-3-4-6-14(11)27-18(20)21/h3-8,18H,9H2,1-2H3,(H,22,23). The second kappa shape index (κ2) is 9.18. The highest BCUT2D eigenvalue weighted by molar-refractivity contribution is 6.31. The van der Waals surface area contributed by atoms with E-state index in [9.17, 15) is 18.4 Å². The van der Waals surface area contributed by atoms with Crippen LogP contribution >= 0.6 is 11.6 Å². The average molecular weight is 400 g/mol. The molecule has 0 aliphatic rings. The van der Waals surface area contributed by atoms with Crippen molar-refractivity contribution in [3.05, 3.63) is 52.5 Å². The maximum absolute atomic E-state index is 12.4. The van der Waals surface area contributed by atoms with Crippen LogP contribution in [0, 0.1) is 6.92 Å². The number of methoxy groups -OCH3 is 1. The molecule has 0 spiro atoms. The monoisotopic (exact) mass is 399 g/mol. The Labute approximate surface area is 159 Å². The molecule has 1 amide bonds. The third kappa shape index (κ3) is 5.55. The molecule has 0 saturated heterocycles. The van der Waals surface area contributed by atoms with E-state index in [1.807, 2.05) is 0 Å². The minimum absolute atomic E-state index is 0.217. The van der Waals surface area contributed by atoms with Crippen LogP contribution in [0.25, 0.3) is 0 Å². The van der Waals surface area contributed by atoms with Crippen LogP contribution in [0.15, 0.2) is 36.4 Å². The number of nitrogens with one attached hydrogen (secondary N) is 1. The van der Waals surface area contributed by atoms with Gasteiger partial charge in [0.05, 0.1) is 12.8 Å². The number of anilines is 1. The van der Waals surface area contributed by atoms with Crippen molar-refractivity contribution in [2.75, 3.05) is 19.0 Å². The Bertz CT molecular complexity index is 844. The molecule has 1 N–H and O–H groups in total. The van der Waals surface area contributed by atoms with Crippen molar-refractivity contribution in [2.45, 2.75) is 13.5 Å². The molecule has 6 nitrogen and oxygen atoms in total. The van der Waals surface area contributed by atoms with Gasteiger partial charge in [0.1, 0.15) is 17.1 Å². The lowest BCUT2D eigenvalue weighted by atomic mass is 10.2. The summed E-state index contributed by atoms with van der Waals surface area (Å²) < 4.78 is 39.0. The van der Waals surface area contributed by atoms with E-state index in [0.29, 0.717) is 22.0 Å². The topological polar surface area (TPSA) is 73.9 Å². The minimum atomic E-state index is -3.09. The summed E-state index contributed by atoms with van der Waals surface area (Å²) in [6.45, 7) is -1.98. The number of carbonyl (C=O) groups is 2. The van der Waals surface area contributed by atoms with E-state index in [-0.39, 0.29) is 11.3 Å². The number of amides is 1. The molecule has 0 radical (unpaired) electrons.